The van der Waals surface area contributed by atoms with E-state index in [2.05, 4.69) is 59.6 Å². The Morgan fingerprint density at radius 2 is 1.90 bits per heavy atom. The summed E-state index contributed by atoms with van der Waals surface area (Å²) < 4.78 is 1.87. The molecule has 0 aliphatic carbocycles. The molecule has 0 aliphatic heterocycles. The lowest BCUT2D eigenvalue weighted by atomic mass is 9.96. The van der Waals surface area contributed by atoms with Crippen LogP contribution in [0.4, 0.5) is 5.82 Å². The van der Waals surface area contributed by atoms with Gasteiger partial charge in [-0.05, 0) is 24.5 Å². The van der Waals surface area contributed by atoms with Crippen molar-refractivity contribution >= 4 is 11.3 Å². The molecule has 1 unspecified atom stereocenters. The summed E-state index contributed by atoms with van der Waals surface area (Å²) in [4.78, 5) is 4.50. The van der Waals surface area contributed by atoms with Crippen molar-refractivity contribution < 1.29 is 0 Å². The molecule has 0 aliphatic rings. The van der Waals surface area contributed by atoms with Crippen LogP contribution >= 0.6 is 0 Å². The van der Waals surface area contributed by atoms with E-state index in [1.807, 2.05) is 23.7 Å². The first-order chi connectivity index (χ1) is 10.1. The zero-order valence-electron chi connectivity index (χ0n) is 12.6. The molecule has 21 heavy (non-hydrogen) atoms. The molecule has 0 saturated heterocycles. The van der Waals surface area contributed by atoms with Crippen LogP contribution in [0.5, 0.6) is 0 Å². The van der Waals surface area contributed by atoms with E-state index in [9.17, 15) is 0 Å². The van der Waals surface area contributed by atoms with Crippen LogP contribution in [0.1, 0.15) is 31.1 Å². The van der Waals surface area contributed by atoms with E-state index >= 15 is 0 Å². The first-order valence-corrected chi connectivity index (χ1v) is 7.27. The second-order valence-electron chi connectivity index (χ2n) is 5.67. The van der Waals surface area contributed by atoms with Crippen LogP contribution in [0.15, 0.2) is 48.8 Å². The van der Waals surface area contributed by atoms with Gasteiger partial charge in [-0.1, -0.05) is 44.2 Å². The van der Waals surface area contributed by atoms with Crippen molar-refractivity contribution in [1.29, 1.82) is 0 Å². The Labute approximate surface area is 124 Å². The molecule has 1 atom stereocenters. The predicted molar refractivity (Wildman–Crippen MR) is 85.4 cm³/mol. The highest BCUT2D eigenvalue weighted by molar-refractivity contribution is 5.68. The topological polar surface area (TPSA) is 42.2 Å². The van der Waals surface area contributed by atoms with E-state index in [4.69, 9.17) is 0 Å². The number of fused-ring (bicyclic) bond motifs is 1. The third-order valence-electron chi connectivity index (χ3n) is 3.63. The third kappa shape index (κ3) is 2.75. The van der Waals surface area contributed by atoms with E-state index < -0.39 is 0 Å². The highest BCUT2D eigenvalue weighted by Gasteiger charge is 2.17. The Morgan fingerprint density at radius 3 is 2.62 bits per heavy atom. The SMILES string of the molecule is Cc1cc2c(NC(c3ccccc3)C(C)C)nccn2n1. The zero-order valence-corrected chi connectivity index (χ0v) is 12.6. The van der Waals surface area contributed by atoms with Gasteiger partial charge in [-0.2, -0.15) is 5.10 Å². The molecule has 1 aromatic carbocycles. The fraction of sp³-hybridized carbons (Fsp3) is 0.294. The van der Waals surface area contributed by atoms with Crippen molar-refractivity contribution in [1.82, 2.24) is 14.6 Å². The van der Waals surface area contributed by atoms with Gasteiger partial charge in [0.2, 0.25) is 0 Å². The zero-order chi connectivity index (χ0) is 14.8. The number of aromatic nitrogens is 3. The number of aryl methyl sites for hydroxylation is 1. The molecule has 0 saturated carbocycles. The summed E-state index contributed by atoms with van der Waals surface area (Å²) in [6.07, 6.45) is 3.66. The Balaban J connectivity index is 1.99. The van der Waals surface area contributed by atoms with Crippen molar-refractivity contribution in [3.63, 3.8) is 0 Å². The predicted octanol–water partition coefficient (Wildman–Crippen LogP) is 3.85. The van der Waals surface area contributed by atoms with E-state index in [1.165, 1.54) is 5.56 Å². The fourth-order valence-electron chi connectivity index (χ4n) is 2.60. The van der Waals surface area contributed by atoms with Crippen molar-refractivity contribution in [2.75, 3.05) is 5.32 Å². The van der Waals surface area contributed by atoms with Gasteiger partial charge >= 0.3 is 0 Å². The normalized spacial score (nSPS) is 12.8. The molecule has 4 heteroatoms. The maximum absolute atomic E-state index is 4.50. The largest absolute Gasteiger partial charge is 0.361 e. The van der Waals surface area contributed by atoms with Gasteiger partial charge in [0.05, 0.1) is 11.7 Å². The second-order valence-corrected chi connectivity index (χ2v) is 5.67. The van der Waals surface area contributed by atoms with Gasteiger partial charge in [0.1, 0.15) is 5.52 Å². The Morgan fingerprint density at radius 1 is 1.14 bits per heavy atom. The number of hydrogen-bond acceptors (Lipinski definition) is 3. The smallest absolute Gasteiger partial charge is 0.152 e. The van der Waals surface area contributed by atoms with Crippen molar-refractivity contribution in [3.8, 4) is 0 Å². The maximum atomic E-state index is 4.50. The van der Waals surface area contributed by atoms with Gasteiger partial charge in [0.15, 0.2) is 5.82 Å². The molecule has 0 amide bonds. The molecule has 2 heterocycles. The minimum absolute atomic E-state index is 0.222. The highest BCUT2D eigenvalue weighted by atomic mass is 15.2. The van der Waals surface area contributed by atoms with Crippen molar-refractivity contribution in [3.05, 3.63) is 60.0 Å². The first-order valence-electron chi connectivity index (χ1n) is 7.27. The van der Waals surface area contributed by atoms with Crippen LogP contribution in [0.25, 0.3) is 5.52 Å². The quantitative estimate of drug-likeness (QED) is 0.789. The average Bonchev–Trinajstić information content (AvgIpc) is 2.86. The van der Waals surface area contributed by atoms with Crippen LogP contribution in [0.2, 0.25) is 0 Å². The summed E-state index contributed by atoms with van der Waals surface area (Å²) in [5.74, 6) is 1.33. The summed E-state index contributed by atoms with van der Waals surface area (Å²) in [6, 6.07) is 12.8. The Kier molecular flexibility index (Phi) is 3.60. The van der Waals surface area contributed by atoms with Gasteiger partial charge in [-0.25, -0.2) is 9.50 Å². The average molecular weight is 280 g/mol. The molecule has 0 radical (unpaired) electrons. The van der Waals surface area contributed by atoms with Gasteiger partial charge in [-0.3, -0.25) is 0 Å². The van der Waals surface area contributed by atoms with Crippen LogP contribution in [0, 0.1) is 12.8 Å². The molecule has 0 spiro atoms. The summed E-state index contributed by atoms with van der Waals surface area (Å²) in [5, 5.41) is 8.01. The molecule has 108 valence electrons. The summed E-state index contributed by atoms with van der Waals surface area (Å²) in [5.41, 5.74) is 3.27. The lowest BCUT2D eigenvalue weighted by molar-refractivity contribution is 0.545. The lowest BCUT2D eigenvalue weighted by Crippen LogP contribution is -2.18. The highest BCUT2D eigenvalue weighted by Crippen LogP contribution is 2.27. The number of benzene rings is 1. The van der Waals surface area contributed by atoms with E-state index in [1.54, 1.807) is 6.20 Å². The third-order valence-corrected chi connectivity index (χ3v) is 3.63. The molecule has 3 aromatic rings. The molecule has 0 fully saturated rings. The Hall–Kier alpha value is -2.36. The molecule has 4 nitrogen and oxygen atoms in total. The maximum Gasteiger partial charge on any atom is 0.152 e. The van der Waals surface area contributed by atoms with Crippen molar-refractivity contribution in [2.24, 2.45) is 5.92 Å². The van der Waals surface area contributed by atoms with Gasteiger partial charge < -0.3 is 5.32 Å². The number of nitrogens with zero attached hydrogens (tertiary/aromatic N) is 3. The summed E-state index contributed by atoms with van der Waals surface area (Å²) in [6.45, 7) is 6.42. The number of nitrogens with one attached hydrogen (secondary N) is 1. The lowest BCUT2D eigenvalue weighted by Gasteiger charge is -2.23. The molecule has 2 aromatic heterocycles. The standard InChI is InChI=1S/C17H20N4/c1-12(2)16(14-7-5-4-6-8-14)19-17-15-11-13(3)20-21(15)10-9-18-17/h4-12,16H,1-3H3,(H,18,19). The monoisotopic (exact) mass is 280 g/mol. The molecular weight excluding hydrogens is 260 g/mol. The molecule has 0 bridgehead atoms. The first kappa shape index (κ1) is 13.6. The minimum Gasteiger partial charge on any atom is -0.361 e. The van der Waals surface area contributed by atoms with Crippen LogP contribution < -0.4 is 5.32 Å². The van der Waals surface area contributed by atoms with E-state index in [0.29, 0.717) is 5.92 Å². The van der Waals surface area contributed by atoms with E-state index in [-0.39, 0.29) is 6.04 Å². The summed E-state index contributed by atoms with van der Waals surface area (Å²) in [7, 11) is 0. The second kappa shape index (κ2) is 5.56. The van der Waals surface area contributed by atoms with Gasteiger partial charge in [0, 0.05) is 12.4 Å². The van der Waals surface area contributed by atoms with Crippen LogP contribution in [-0.4, -0.2) is 14.6 Å². The number of rotatable bonds is 4. The number of anilines is 1. The van der Waals surface area contributed by atoms with Crippen LogP contribution in [-0.2, 0) is 0 Å². The van der Waals surface area contributed by atoms with Crippen LogP contribution in [0.3, 0.4) is 0 Å². The minimum atomic E-state index is 0.222. The van der Waals surface area contributed by atoms with Gasteiger partial charge in [0.25, 0.3) is 0 Å². The summed E-state index contributed by atoms with van der Waals surface area (Å²) >= 11 is 0. The van der Waals surface area contributed by atoms with Gasteiger partial charge in [-0.15, -0.1) is 0 Å². The fourth-order valence-corrected chi connectivity index (χ4v) is 2.60. The Bertz CT molecular complexity index is 731. The molecule has 3 rings (SSSR count). The van der Waals surface area contributed by atoms with Crippen molar-refractivity contribution in [2.45, 2.75) is 26.8 Å². The van der Waals surface area contributed by atoms with E-state index in [0.717, 1.165) is 17.0 Å². The molecule has 1 N–H and O–H groups in total. The molecular formula is C17H20N4. The number of hydrogen-bond donors (Lipinski definition) is 1.